The van der Waals surface area contributed by atoms with Crippen molar-refractivity contribution >= 4 is 45.0 Å². The maximum atomic E-state index is 13.3. The quantitative estimate of drug-likeness (QED) is 0.120. The molecule has 0 unspecified atom stereocenters. The second-order valence-electron chi connectivity index (χ2n) is 12.4. The summed E-state index contributed by atoms with van der Waals surface area (Å²) in [7, 11) is -4.31. The molecule has 0 saturated heterocycles. The highest BCUT2D eigenvalue weighted by Gasteiger charge is 2.27. The van der Waals surface area contributed by atoms with Crippen LogP contribution in [0, 0.1) is 10.1 Å². The van der Waals surface area contributed by atoms with Gasteiger partial charge in [-0.15, -0.1) is 0 Å². The van der Waals surface area contributed by atoms with Crippen molar-refractivity contribution in [1.29, 1.82) is 0 Å². The normalized spacial score (nSPS) is 12.0. The smallest absolute Gasteiger partial charge is 0.416 e. The fraction of sp³-hybridized carbons (Fsp3) is 0.355. The van der Waals surface area contributed by atoms with Gasteiger partial charge in [-0.1, -0.05) is 24.3 Å². The lowest BCUT2D eigenvalue weighted by Gasteiger charge is -2.27. The first-order valence-corrected chi connectivity index (χ1v) is 16.1. The third-order valence-electron chi connectivity index (χ3n) is 6.25. The van der Waals surface area contributed by atoms with E-state index in [9.17, 15) is 28.1 Å². The van der Waals surface area contributed by atoms with Gasteiger partial charge in [0.25, 0.3) is 15.7 Å². The Kier molecular flexibility index (Phi) is 10.0. The van der Waals surface area contributed by atoms with Gasteiger partial charge in [0.1, 0.15) is 17.0 Å². The number of nitro benzene ring substituents is 1. The molecule has 4 aromatic rings. The van der Waals surface area contributed by atoms with Gasteiger partial charge in [0, 0.05) is 36.6 Å². The Morgan fingerprint density at radius 2 is 1.70 bits per heavy atom. The standard InChI is InChI=1S/C31H37N7O8S/c1-30(2,3)45-28(39)32-16-10-17-36(29(40)46-31(4,5)6)26-15-18-37-27(34-26)23(20-33-37)21-11-9-12-22(19-21)35-47(43,44)25-14-8-7-13-24(25)38(41)42/h7-9,11-15,18-20,35H,10,16-17H2,1-6H3,(H,32,39). The molecular formula is C31H37N7O8S. The zero-order valence-corrected chi connectivity index (χ0v) is 27.7. The van der Waals surface area contributed by atoms with E-state index in [0.29, 0.717) is 23.2 Å². The van der Waals surface area contributed by atoms with E-state index in [1.807, 2.05) is 0 Å². The molecule has 16 heteroatoms. The molecule has 250 valence electrons. The number of aromatic nitrogens is 3. The average Bonchev–Trinajstić information content (AvgIpc) is 3.38. The number of amides is 2. The van der Waals surface area contributed by atoms with Gasteiger partial charge in [0.15, 0.2) is 10.5 Å². The maximum absolute atomic E-state index is 13.3. The lowest BCUT2D eigenvalue weighted by molar-refractivity contribution is -0.387. The highest BCUT2D eigenvalue weighted by atomic mass is 32.2. The Balaban J connectivity index is 1.62. The fourth-order valence-electron chi connectivity index (χ4n) is 4.37. The topological polar surface area (TPSA) is 187 Å². The Labute approximate surface area is 272 Å². The Bertz CT molecular complexity index is 1900. The molecule has 2 heterocycles. The summed E-state index contributed by atoms with van der Waals surface area (Å²) in [4.78, 5) is 41.6. The molecular weight excluding hydrogens is 630 g/mol. The van der Waals surface area contributed by atoms with Crippen LogP contribution in [-0.2, 0) is 19.5 Å². The number of nitro groups is 1. The molecule has 2 aromatic carbocycles. The van der Waals surface area contributed by atoms with Crippen molar-refractivity contribution in [2.45, 2.75) is 64.1 Å². The number of benzene rings is 2. The molecule has 0 atom stereocenters. The van der Waals surface area contributed by atoms with Crippen molar-refractivity contribution in [2.24, 2.45) is 0 Å². The third-order valence-corrected chi connectivity index (χ3v) is 7.68. The number of ether oxygens (including phenoxy) is 2. The minimum atomic E-state index is -4.31. The minimum absolute atomic E-state index is 0.153. The first kappa shape index (κ1) is 34.6. The summed E-state index contributed by atoms with van der Waals surface area (Å²) < 4.78 is 41.0. The van der Waals surface area contributed by atoms with Crippen LogP contribution in [0.1, 0.15) is 48.0 Å². The van der Waals surface area contributed by atoms with Crippen LogP contribution in [0.25, 0.3) is 16.8 Å². The van der Waals surface area contributed by atoms with Crippen molar-refractivity contribution in [3.63, 3.8) is 0 Å². The predicted molar refractivity (Wildman–Crippen MR) is 175 cm³/mol. The van der Waals surface area contributed by atoms with Gasteiger partial charge in [-0.3, -0.25) is 19.7 Å². The van der Waals surface area contributed by atoms with Crippen LogP contribution in [0.2, 0.25) is 0 Å². The molecule has 15 nitrogen and oxygen atoms in total. The summed E-state index contributed by atoms with van der Waals surface area (Å²) in [6, 6.07) is 13.1. The van der Waals surface area contributed by atoms with E-state index in [1.165, 1.54) is 27.6 Å². The Morgan fingerprint density at radius 3 is 2.38 bits per heavy atom. The van der Waals surface area contributed by atoms with Gasteiger partial charge in [0.05, 0.1) is 11.1 Å². The van der Waals surface area contributed by atoms with Crippen LogP contribution in [0.3, 0.4) is 0 Å². The van der Waals surface area contributed by atoms with E-state index in [4.69, 9.17) is 14.5 Å². The minimum Gasteiger partial charge on any atom is -0.444 e. The summed E-state index contributed by atoms with van der Waals surface area (Å²) in [5.41, 5.74) is -0.408. The number of carbonyl (C=O) groups is 2. The SMILES string of the molecule is CC(C)(C)OC(=O)NCCCN(C(=O)OC(C)(C)C)c1ccn2ncc(-c3cccc(NS(=O)(=O)c4ccccc4[N+](=O)[O-])c3)c2n1. The summed E-state index contributed by atoms with van der Waals surface area (Å²) in [6.45, 7) is 10.9. The number of nitrogens with one attached hydrogen (secondary N) is 2. The molecule has 0 aliphatic carbocycles. The Hall–Kier alpha value is -5.25. The van der Waals surface area contributed by atoms with Crippen LogP contribution in [0.4, 0.5) is 26.8 Å². The number of anilines is 2. The van der Waals surface area contributed by atoms with E-state index < -0.39 is 48.9 Å². The monoisotopic (exact) mass is 667 g/mol. The average molecular weight is 668 g/mol. The van der Waals surface area contributed by atoms with Crippen LogP contribution < -0.4 is 14.9 Å². The number of fused-ring (bicyclic) bond motifs is 1. The summed E-state index contributed by atoms with van der Waals surface area (Å²) in [6.07, 6.45) is 2.32. The number of hydrogen-bond donors (Lipinski definition) is 2. The highest BCUT2D eigenvalue weighted by molar-refractivity contribution is 7.92. The Morgan fingerprint density at radius 1 is 1.00 bits per heavy atom. The van der Waals surface area contributed by atoms with Gasteiger partial charge in [-0.05, 0) is 77.8 Å². The summed E-state index contributed by atoms with van der Waals surface area (Å²) in [5.74, 6) is 0.263. The summed E-state index contributed by atoms with van der Waals surface area (Å²) >= 11 is 0. The third kappa shape index (κ3) is 9.16. The first-order valence-electron chi connectivity index (χ1n) is 14.6. The molecule has 0 saturated carbocycles. The zero-order valence-electron chi connectivity index (χ0n) is 26.9. The van der Waals surface area contributed by atoms with Crippen molar-refractivity contribution in [1.82, 2.24) is 19.9 Å². The van der Waals surface area contributed by atoms with Crippen molar-refractivity contribution < 1.29 is 32.4 Å². The number of hydrogen-bond acceptors (Lipinski definition) is 10. The number of carbonyl (C=O) groups excluding carboxylic acids is 2. The fourth-order valence-corrected chi connectivity index (χ4v) is 5.59. The molecule has 0 aliphatic rings. The van der Waals surface area contributed by atoms with Crippen LogP contribution >= 0.6 is 0 Å². The number of para-hydroxylation sites is 1. The molecule has 0 aliphatic heterocycles. The van der Waals surface area contributed by atoms with Crippen LogP contribution in [0.15, 0.2) is 71.9 Å². The molecule has 0 spiro atoms. The largest absolute Gasteiger partial charge is 0.444 e. The number of alkyl carbamates (subject to hydrolysis) is 1. The van der Waals surface area contributed by atoms with Gasteiger partial charge >= 0.3 is 12.2 Å². The second kappa shape index (κ2) is 13.6. The van der Waals surface area contributed by atoms with E-state index in [1.54, 1.807) is 78.2 Å². The van der Waals surface area contributed by atoms with Gasteiger partial charge in [-0.25, -0.2) is 27.5 Å². The number of nitrogens with zero attached hydrogens (tertiary/aromatic N) is 5. The highest BCUT2D eigenvalue weighted by Crippen LogP contribution is 2.30. The zero-order chi connectivity index (χ0) is 34.6. The van der Waals surface area contributed by atoms with Crippen molar-refractivity contribution in [3.8, 4) is 11.1 Å². The molecule has 0 fully saturated rings. The van der Waals surface area contributed by atoms with Crippen molar-refractivity contribution in [3.05, 3.63) is 77.1 Å². The molecule has 47 heavy (non-hydrogen) atoms. The molecule has 0 bridgehead atoms. The van der Waals surface area contributed by atoms with Gasteiger partial charge in [-0.2, -0.15) is 5.10 Å². The predicted octanol–water partition coefficient (Wildman–Crippen LogP) is 5.76. The van der Waals surface area contributed by atoms with Gasteiger partial charge < -0.3 is 14.8 Å². The molecule has 0 radical (unpaired) electrons. The van der Waals surface area contributed by atoms with Gasteiger partial charge in [0.2, 0.25) is 0 Å². The lowest BCUT2D eigenvalue weighted by atomic mass is 10.1. The van der Waals surface area contributed by atoms with E-state index in [-0.39, 0.29) is 24.6 Å². The molecule has 2 amide bonds. The number of rotatable bonds is 10. The molecule has 2 aromatic heterocycles. The lowest BCUT2D eigenvalue weighted by Crippen LogP contribution is -2.39. The van der Waals surface area contributed by atoms with Crippen LogP contribution in [0.5, 0.6) is 0 Å². The van der Waals surface area contributed by atoms with E-state index in [2.05, 4.69) is 15.1 Å². The van der Waals surface area contributed by atoms with E-state index in [0.717, 1.165) is 12.1 Å². The second-order valence-corrected chi connectivity index (χ2v) is 14.1. The summed E-state index contributed by atoms with van der Waals surface area (Å²) in [5, 5.41) is 18.5. The van der Waals surface area contributed by atoms with Crippen LogP contribution in [-0.4, -0.2) is 64.4 Å². The number of sulfonamides is 1. The maximum Gasteiger partial charge on any atom is 0.416 e. The first-order chi connectivity index (χ1) is 21.9. The van der Waals surface area contributed by atoms with E-state index >= 15 is 0 Å². The molecule has 4 rings (SSSR count). The molecule has 2 N–H and O–H groups in total. The van der Waals surface area contributed by atoms with Crippen molar-refractivity contribution in [2.75, 3.05) is 22.7 Å².